The van der Waals surface area contributed by atoms with E-state index in [0.29, 0.717) is 22.2 Å². The second kappa shape index (κ2) is 6.98. The van der Waals surface area contributed by atoms with Crippen LogP contribution in [0.4, 0.5) is 10.5 Å². The zero-order valence-electron chi connectivity index (χ0n) is 13.4. The lowest BCUT2D eigenvalue weighted by atomic mass is 10.1. The van der Waals surface area contributed by atoms with Crippen LogP contribution in [0.1, 0.15) is 15.9 Å². The summed E-state index contributed by atoms with van der Waals surface area (Å²) in [6.07, 6.45) is -1.17. The van der Waals surface area contributed by atoms with Crippen LogP contribution in [0.3, 0.4) is 0 Å². The van der Waals surface area contributed by atoms with Gasteiger partial charge in [0, 0.05) is 17.6 Å². The van der Waals surface area contributed by atoms with E-state index in [1.54, 1.807) is 48.5 Å². The molecule has 0 spiro atoms. The molecule has 0 saturated carbocycles. The number of carbonyl (C=O) groups is 2. The quantitative estimate of drug-likeness (QED) is 0.491. The van der Waals surface area contributed by atoms with Crippen LogP contribution in [-0.4, -0.2) is 27.2 Å². The monoisotopic (exact) mass is 353 g/mol. The highest BCUT2D eigenvalue weighted by Gasteiger charge is 2.18. The maximum atomic E-state index is 12.3. The maximum absolute atomic E-state index is 12.3. The molecular formula is C18H15N3O5. The molecule has 0 unspecified atom stereocenters. The predicted molar refractivity (Wildman–Crippen MR) is 95.5 cm³/mol. The number of aromatic amines is 1. The summed E-state index contributed by atoms with van der Waals surface area (Å²) in [6.45, 7) is 0.109. The lowest BCUT2D eigenvalue weighted by Crippen LogP contribution is -2.29. The number of benzene rings is 2. The SMILES string of the molecule is O=C(O)Nc1ccc(CNC(=O)c2c(O)c3ccccc3[nH]c2=O)cc1. The number of rotatable bonds is 4. The van der Waals surface area contributed by atoms with Gasteiger partial charge in [-0.05, 0) is 29.8 Å². The number of fused-ring (bicyclic) bond motifs is 1. The van der Waals surface area contributed by atoms with Gasteiger partial charge in [-0.25, -0.2) is 4.79 Å². The molecule has 8 nitrogen and oxygen atoms in total. The summed E-state index contributed by atoms with van der Waals surface area (Å²) in [4.78, 5) is 37.6. The molecule has 3 aromatic rings. The fourth-order valence-corrected chi connectivity index (χ4v) is 2.54. The first kappa shape index (κ1) is 17.0. The molecule has 0 radical (unpaired) electrons. The number of hydrogen-bond acceptors (Lipinski definition) is 4. The van der Waals surface area contributed by atoms with Gasteiger partial charge in [0.15, 0.2) is 0 Å². The summed E-state index contributed by atoms with van der Waals surface area (Å²) < 4.78 is 0. The predicted octanol–water partition coefficient (Wildman–Crippen LogP) is 2.25. The first-order valence-corrected chi connectivity index (χ1v) is 7.67. The Bertz CT molecular complexity index is 1040. The van der Waals surface area contributed by atoms with E-state index in [1.165, 1.54) is 0 Å². The topological polar surface area (TPSA) is 132 Å². The summed E-state index contributed by atoms with van der Waals surface area (Å²) >= 11 is 0. The Hall–Kier alpha value is -3.81. The molecule has 26 heavy (non-hydrogen) atoms. The van der Waals surface area contributed by atoms with Crippen molar-refractivity contribution in [1.82, 2.24) is 10.3 Å². The number of hydrogen-bond donors (Lipinski definition) is 5. The summed E-state index contributed by atoms with van der Waals surface area (Å²) in [5.41, 5.74) is 0.503. The van der Waals surface area contributed by atoms with Crippen LogP contribution in [0.15, 0.2) is 53.3 Å². The molecule has 1 heterocycles. The van der Waals surface area contributed by atoms with Crippen molar-refractivity contribution < 1.29 is 19.8 Å². The molecule has 5 N–H and O–H groups in total. The van der Waals surface area contributed by atoms with E-state index in [1.807, 2.05) is 0 Å². The molecule has 2 amide bonds. The highest BCUT2D eigenvalue weighted by Crippen LogP contribution is 2.24. The van der Waals surface area contributed by atoms with E-state index in [2.05, 4.69) is 15.6 Å². The highest BCUT2D eigenvalue weighted by atomic mass is 16.4. The molecule has 0 aliphatic rings. The zero-order chi connectivity index (χ0) is 18.7. The van der Waals surface area contributed by atoms with Gasteiger partial charge >= 0.3 is 6.09 Å². The maximum Gasteiger partial charge on any atom is 0.409 e. The van der Waals surface area contributed by atoms with Gasteiger partial charge in [-0.2, -0.15) is 0 Å². The smallest absolute Gasteiger partial charge is 0.409 e. The van der Waals surface area contributed by atoms with Gasteiger partial charge in [-0.15, -0.1) is 0 Å². The molecule has 132 valence electrons. The van der Waals surface area contributed by atoms with Crippen molar-refractivity contribution in [3.63, 3.8) is 0 Å². The Kier molecular flexibility index (Phi) is 4.57. The number of carbonyl (C=O) groups excluding carboxylic acids is 1. The third-order valence-electron chi connectivity index (χ3n) is 3.78. The van der Waals surface area contributed by atoms with Crippen molar-refractivity contribution in [3.05, 3.63) is 70.0 Å². The van der Waals surface area contributed by atoms with Crippen LogP contribution in [-0.2, 0) is 6.54 Å². The minimum atomic E-state index is -1.17. The van der Waals surface area contributed by atoms with Gasteiger partial charge in [-0.3, -0.25) is 14.9 Å². The Morgan fingerprint density at radius 2 is 1.73 bits per heavy atom. The molecule has 3 rings (SSSR count). The standard InChI is InChI=1S/C18H15N3O5/c22-15-12-3-1-2-4-13(12)21-17(24)14(15)16(23)19-9-10-5-7-11(8-6-10)20-18(25)26/h1-8,20H,9H2,(H,19,23)(H,25,26)(H2,21,22,24). The number of aromatic hydroxyl groups is 1. The van der Waals surface area contributed by atoms with E-state index in [0.717, 1.165) is 0 Å². The molecule has 1 aromatic heterocycles. The number of carboxylic acid groups (broad SMARTS) is 1. The highest BCUT2D eigenvalue weighted by molar-refractivity contribution is 6.02. The first-order chi connectivity index (χ1) is 12.5. The van der Waals surface area contributed by atoms with Crippen molar-refractivity contribution in [1.29, 1.82) is 0 Å². The molecule has 0 aliphatic heterocycles. The number of para-hydroxylation sites is 1. The number of amides is 2. The van der Waals surface area contributed by atoms with Crippen LogP contribution in [0.2, 0.25) is 0 Å². The van der Waals surface area contributed by atoms with E-state index < -0.39 is 17.6 Å². The van der Waals surface area contributed by atoms with Crippen molar-refractivity contribution in [2.45, 2.75) is 6.54 Å². The molecule has 8 heteroatoms. The third kappa shape index (κ3) is 3.48. The molecule has 0 bridgehead atoms. The minimum Gasteiger partial charge on any atom is -0.506 e. The summed E-state index contributed by atoms with van der Waals surface area (Å²) in [7, 11) is 0. The van der Waals surface area contributed by atoms with Gasteiger partial charge < -0.3 is 20.5 Å². The van der Waals surface area contributed by atoms with E-state index in [4.69, 9.17) is 5.11 Å². The van der Waals surface area contributed by atoms with Crippen molar-refractivity contribution in [2.75, 3.05) is 5.32 Å². The Labute approximate surface area is 147 Å². The number of pyridine rings is 1. The van der Waals surface area contributed by atoms with Crippen molar-refractivity contribution in [3.8, 4) is 5.75 Å². The Morgan fingerprint density at radius 3 is 2.42 bits per heavy atom. The van der Waals surface area contributed by atoms with Gasteiger partial charge in [0.1, 0.15) is 11.3 Å². The van der Waals surface area contributed by atoms with E-state index in [9.17, 15) is 19.5 Å². The van der Waals surface area contributed by atoms with Crippen LogP contribution < -0.4 is 16.2 Å². The molecule has 0 atom stereocenters. The van der Waals surface area contributed by atoms with Crippen LogP contribution in [0.5, 0.6) is 5.75 Å². The molecule has 2 aromatic carbocycles. The summed E-state index contributed by atoms with van der Waals surface area (Å²) in [5.74, 6) is -1.08. The van der Waals surface area contributed by atoms with Crippen LogP contribution in [0, 0.1) is 0 Å². The second-order valence-electron chi connectivity index (χ2n) is 5.53. The van der Waals surface area contributed by atoms with E-state index >= 15 is 0 Å². The Balaban J connectivity index is 1.77. The normalized spacial score (nSPS) is 10.5. The van der Waals surface area contributed by atoms with Crippen LogP contribution >= 0.6 is 0 Å². The number of anilines is 1. The number of H-pyrrole nitrogens is 1. The summed E-state index contributed by atoms with van der Waals surface area (Å²) in [5, 5.41) is 24.1. The number of nitrogens with one attached hydrogen (secondary N) is 3. The average Bonchev–Trinajstić information content (AvgIpc) is 2.60. The lowest BCUT2D eigenvalue weighted by Gasteiger charge is -2.09. The molecular weight excluding hydrogens is 338 g/mol. The van der Waals surface area contributed by atoms with Gasteiger partial charge in [0.2, 0.25) is 0 Å². The average molecular weight is 353 g/mol. The van der Waals surface area contributed by atoms with Gasteiger partial charge in [0.25, 0.3) is 11.5 Å². The van der Waals surface area contributed by atoms with Crippen molar-refractivity contribution in [2.24, 2.45) is 0 Å². The van der Waals surface area contributed by atoms with E-state index in [-0.39, 0.29) is 17.9 Å². The van der Waals surface area contributed by atoms with Gasteiger partial charge in [-0.1, -0.05) is 24.3 Å². The zero-order valence-corrected chi connectivity index (χ0v) is 13.4. The molecule has 0 fully saturated rings. The molecule has 0 saturated heterocycles. The van der Waals surface area contributed by atoms with Crippen LogP contribution in [0.25, 0.3) is 10.9 Å². The Morgan fingerprint density at radius 1 is 1.04 bits per heavy atom. The number of aromatic nitrogens is 1. The second-order valence-corrected chi connectivity index (χ2v) is 5.53. The van der Waals surface area contributed by atoms with Crippen molar-refractivity contribution >= 4 is 28.6 Å². The van der Waals surface area contributed by atoms with Gasteiger partial charge in [0.05, 0.1) is 5.52 Å². The summed E-state index contributed by atoms with van der Waals surface area (Å²) in [6, 6.07) is 13.0. The fraction of sp³-hybridized carbons (Fsp3) is 0.0556. The fourth-order valence-electron chi connectivity index (χ4n) is 2.54. The minimum absolute atomic E-state index is 0.109. The first-order valence-electron chi connectivity index (χ1n) is 7.67. The molecule has 0 aliphatic carbocycles. The lowest BCUT2D eigenvalue weighted by molar-refractivity contribution is 0.0947. The third-order valence-corrected chi connectivity index (χ3v) is 3.78. The largest absolute Gasteiger partial charge is 0.506 e.